The Morgan fingerprint density at radius 1 is 1.17 bits per heavy atom. The summed E-state index contributed by atoms with van der Waals surface area (Å²) in [5.74, 6) is -0.280. The zero-order valence-corrected chi connectivity index (χ0v) is 25.9. The van der Waals surface area contributed by atoms with E-state index in [2.05, 4.69) is 9.71 Å². The molecule has 0 radical (unpaired) electrons. The molecule has 4 rings (SSSR count). The number of carbonyl (C=O) groups excluding carboxylic acids is 1. The Labute approximate surface area is 247 Å². The molecule has 3 aromatic rings. The molecule has 0 saturated carbocycles. The van der Waals surface area contributed by atoms with Crippen LogP contribution in [0.15, 0.2) is 64.9 Å². The van der Waals surface area contributed by atoms with Crippen molar-refractivity contribution in [3.05, 3.63) is 66.1 Å². The number of aliphatic hydroxyl groups is 1. The number of rotatable bonds is 9. The zero-order chi connectivity index (χ0) is 30.8. The van der Waals surface area contributed by atoms with Gasteiger partial charge in [-0.05, 0) is 44.2 Å². The van der Waals surface area contributed by atoms with Gasteiger partial charge < -0.3 is 19.3 Å². The van der Waals surface area contributed by atoms with Gasteiger partial charge in [0.2, 0.25) is 5.91 Å². The first-order valence-corrected chi connectivity index (χ1v) is 16.4. The number of nitrogens with one attached hydrogen (secondary N) is 1. The Morgan fingerprint density at radius 3 is 2.48 bits per heavy atom. The van der Waals surface area contributed by atoms with Crippen LogP contribution in [0.25, 0.3) is 0 Å². The van der Waals surface area contributed by atoms with Crippen molar-refractivity contribution in [2.45, 2.75) is 49.3 Å². The molecule has 0 bridgehead atoms. The van der Waals surface area contributed by atoms with E-state index >= 15 is 0 Å². The smallest absolute Gasteiger partial charge is 0.261 e. The Hall–Kier alpha value is -3.46. The first-order valence-electron chi connectivity index (χ1n) is 13.4. The van der Waals surface area contributed by atoms with E-state index in [1.807, 2.05) is 13.8 Å². The number of aromatic nitrogens is 2. The maximum absolute atomic E-state index is 13.5. The number of ether oxygens (including phenoxy) is 1. The Balaban J connectivity index is 1.68. The van der Waals surface area contributed by atoms with Crippen LogP contribution in [0.1, 0.15) is 25.0 Å². The summed E-state index contributed by atoms with van der Waals surface area (Å²) in [7, 11) is -4.71. The van der Waals surface area contributed by atoms with Crippen LogP contribution in [-0.4, -0.2) is 85.5 Å². The third-order valence-corrected chi connectivity index (χ3v) is 10.4. The van der Waals surface area contributed by atoms with Crippen LogP contribution in [0.4, 0.5) is 5.69 Å². The second-order valence-corrected chi connectivity index (χ2v) is 14.5. The maximum Gasteiger partial charge on any atom is 0.261 e. The highest BCUT2D eigenvalue weighted by atomic mass is 32.2. The molecule has 42 heavy (non-hydrogen) atoms. The lowest BCUT2D eigenvalue weighted by molar-refractivity contribution is -0.134. The Morgan fingerprint density at radius 2 is 1.86 bits per heavy atom. The lowest BCUT2D eigenvalue weighted by Crippen LogP contribution is -2.48. The number of fused-ring (bicyclic) bond motifs is 1. The van der Waals surface area contributed by atoms with E-state index in [0.29, 0.717) is 11.3 Å². The number of sulfonamides is 2. The lowest BCUT2D eigenvalue weighted by Gasteiger charge is -2.33. The van der Waals surface area contributed by atoms with Gasteiger partial charge in [-0.1, -0.05) is 24.6 Å². The average molecular weight is 620 g/mol. The number of aliphatic hydroxyl groups excluding tert-OH is 1. The summed E-state index contributed by atoms with van der Waals surface area (Å²) >= 11 is 0. The van der Waals surface area contributed by atoms with Crippen LogP contribution < -0.4 is 9.46 Å². The number of carbonyl (C=O) groups is 1. The number of hydrogen-bond acceptors (Lipinski definition) is 8. The van der Waals surface area contributed by atoms with Crippen molar-refractivity contribution >= 4 is 31.6 Å². The van der Waals surface area contributed by atoms with E-state index in [1.54, 1.807) is 47.7 Å². The SMILES string of the molecule is Cc1ccc(S(=O)(=O)Nc2ccc3c(c2)CC(=O)N([C@H](C)CO)C[C@H](C)[C@H](CN(C)S(=O)(=O)c2cn(C)cn2)O3)cc1. The molecule has 1 amide bonds. The fraction of sp³-hybridized carbons (Fsp3) is 0.429. The highest BCUT2D eigenvalue weighted by Crippen LogP contribution is 2.30. The number of nitrogens with zero attached hydrogens (tertiary/aromatic N) is 4. The highest BCUT2D eigenvalue weighted by Gasteiger charge is 2.34. The normalized spacial score (nSPS) is 18.9. The molecule has 0 unspecified atom stereocenters. The first-order chi connectivity index (χ1) is 19.7. The van der Waals surface area contributed by atoms with Crippen molar-refractivity contribution < 1.29 is 31.5 Å². The predicted molar refractivity (Wildman–Crippen MR) is 157 cm³/mol. The summed E-state index contributed by atoms with van der Waals surface area (Å²) in [4.78, 5) is 19.1. The van der Waals surface area contributed by atoms with Gasteiger partial charge in [-0.25, -0.2) is 21.8 Å². The Kier molecular flexibility index (Phi) is 9.30. The largest absolute Gasteiger partial charge is 0.488 e. The topological polar surface area (TPSA) is 151 Å². The van der Waals surface area contributed by atoms with Crippen molar-refractivity contribution in [3.8, 4) is 5.75 Å². The van der Waals surface area contributed by atoms with Crippen LogP contribution in [0.5, 0.6) is 5.75 Å². The molecule has 1 aliphatic heterocycles. The molecule has 2 heterocycles. The molecular formula is C28H37N5O7S2. The van der Waals surface area contributed by atoms with Crippen LogP contribution in [0, 0.1) is 12.8 Å². The number of imidazole rings is 1. The van der Waals surface area contributed by atoms with Crippen molar-refractivity contribution in [1.29, 1.82) is 0 Å². The number of likely N-dealkylation sites (N-methyl/N-ethyl adjacent to an activating group) is 1. The third-order valence-electron chi connectivity index (χ3n) is 7.29. The number of anilines is 1. The molecule has 0 saturated heterocycles. The molecule has 2 N–H and O–H groups in total. The number of benzene rings is 2. The molecule has 0 fully saturated rings. The Bertz CT molecular complexity index is 1640. The monoisotopic (exact) mass is 619 g/mol. The van der Waals surface area contributed by atoms with E-state index < -0.39 is 32.2 Å². The molecule has 1 aromatic heterocycles. The van der Waals surface area contributed by atoms with Crippen LogP contribution in [-0.2, 0) is 38.3 Å². The summed E-state index contributed by atoms with van der Waals surface area (Å²) in [6.45, 7) is 5.34. The van der Waals surface area contributed by atoms with E-state index in [9.17, 15) is 26.7 Å². The number of hydrogen-bond donors (Lipinski definition) is 2. The minimum absolute atomic E-state index is 0.0448. The summed E-state index contributed by atoms with van der Waals surface area (Å²) in [6.07, 6.45) is 2.01. The maximum atomic E-state index is 13.5. The lowest BCUT2D eigenvalue weighted by atomic mass is 10.0. The molecule has 228 valence electrons. The van der Waals surface area contributed by atoms with E-state index in [0.717, 1.165) is 5.56 Å². The summed E-state index contributed by atoms with van der Waals surface area (Å²) in [5, 5.41) is 9.77. The van der Waals surface area contributed by atoms with Crippen molar-refractivity contribution in [2.24, 2.45) is 13.0 Å². The van der Waals surface area contributed by atoms with Crippen molar-refractivity contribution in [2.75, 3.05) is 31.5 Å². The zero-order valence-electron chi connectivity index (χ0n) is 24.3. The molecule has 2 aromatic carbocycles. The van der Waals surface area contributed by atoms with Gasteiger partial charge in [0, 0.05) is 44.0 Å². The second-order valence-electron chi connectivity index (χ2n) is 10.8. The van der Waals surface area contributed by atoms with E-state index in [-0.39, 0.29) is 53.6 Å². The van der Waals surface area contributed by atoms with E-state index in [4.69, 9.17) is 4.74 Å². The summed E-state index contributed by atoms with van der Waals surface area (Å²) in [5.41, 5.74) is 1.59. The van der Waals surface area contributed by atoms with Crippen LogP contribution >= 0.6 is 0 Å². The number of amides is 1. The third kappa shape index (κ3) is 6.94. The molecule has 12 nitrogen and oxygen atoms in total. The average Bonchev–Trinajstić information content (AvgIpc) is 3.39. The minimum atomic E-state index is -3.93. The fourth-order valence-electron chi connectivity index (χ4n) is 4.68. The molecule has 1 aliphatic rings. The minimum Gasteiger partial charge on any atom is -0.488 e. The predicted octanol–water partition coefficient (Wildman–Crippen LogP) is 2.00. The molecule has 14 heteroatoms. The number of aryl methyl sites for hydroxylation is 2. The van der Waals surface area contributed by atoms with Gasteiger partial charge in [0.05, 0.1) is 36.8 Å². The van der Waals surface area contributed by atoms with Gasteiger partial charge in [0.15, 0.2) is 5.03 Å². The molecular weight excluding hydrogens is 582 g/mol. The van der Waals surface area contributed by atoms with Gasteiger partial charge >= 0.3 is 0 Å². The fourth-order valence-corrected chi connectivity index (χ4v) is 6.87. The van der Waals surface area contributed by atoms with Crippen molar-refractivity contribution in [3.63, 3.8) is 0 Å². The summed E-state index contributed by atoms with van der Waals surface area (Å²) in [6, 6.07) is 10.6. The van der Waals surface area contributed by atoms with Gasteiger partial charge in [-0.3, -0.25) is 9.52 Å². The van der Waals surface area contributed by atoms with Gasteiger partial charge in [-0.15, -0.1) is 0 Å². The van der Waals surface area contributed by atoms with Gasteiger partial charge in [-0.2, -0.15) is 4.31 Å². The molecule has 0 spiro atoms. The summed E-state index contributed by atoms with van der Waals surface area (Å²) < 4.78 is 64.1. The van der Waals surface area contributed by atoms with Crippen LogP contribution in [0.2, 0.25) is 0 Å². The second kappa shape index (κ2) is 12.4. The van der Waals surface area contributed by atoms with E-state index in [1.165, 1.54) is 42.1 Å². The van der Waals surface area contributed by atoms with Crippen LogP contribution in [0.3, 0.4) is 0 Å². The van der Waals surface area contributed by atoms with Gasteiger partial charge in [0.1, 0.15) is 11.9 Å². The quantitative estimate of drug-likeness (QED) is 0.369. The van der Waals surface area contributed by atoms with Gasteiger partial charge in [0.25, 0.3) is 20.0 Å². The first kappa shape index (κ1) is 31.5. The molecule has 0 aliphatic carbocycles. The highest BCUT2D eigenvalue weighted by molar-refractivity contribution is 7.92. The standard InChI is InChI=1S/C28H37N5O7S2/c1-19-6-9-24(10-7-19)41(36,37)30-23-8-11-25-22(12-23)13-28(35)33(21(3)17-34)14-20(2)26(40-25)15-32(5)42(38,39)27-16-31(4)18-29-27/h6-12,16,18,20-21,26,30,34H,13-15,17H2,1-5H3/t20-,21+,26-/m0/s1. The molecule has 3 atom stereocenters. The van der Waals surface area contributed by atoms with Crippen molar-refractivity contribution in [1.82, 2.24) is 18.8 Å².